The maximum Gasteiger partial charge on any atom is 0.100 e. The van der Waals surface area contributed by atoms with Gasteiger partial charge in [-0.25, -0.2) is 0 Å². The largest absolute Gasteiger partial charge is 0.394 e. The molecule has 1 aliphatic rings. The van der Waals surface area contributed by atoms with E-state index in [1.807, 2.05) is 18.2 Å². The predicted octanol–water partition coefficient (Wildman–Crippen LogP) is 2.13. The summed E-state index contributed by atoms with van der Waals surface area (Å²) in [5.41, 5.74) is 1.20. The zero-order valence-corrected chi connectivity index (χ0v) is 12.5. The standard InChI is InChI=1S/C17H26O4/c18-10-16(19)13-21-17-8-4-7-15(9-17)12-20-11-14-5-2-1-3-6-14/h1-3,5-6,15-19H,4,7-13H2/t15-,16?,17+/m0/s1. The van der Waals surface area contributed by atoms with Gasteiger partial charge in [0.25, 0.3) is 0 Å². The fourth-order valence-corrected chi connectivity index (χ4v) is 2.76. The minimum absolute atomic E-state index is 0.185. The maximum atomic E-state index is 9.32. The molecular weight excluding hydrogens is 268 g/mol. The summed E-state index contributed by atoms with van der Waals surface area (Å²) in [5.74, 6) is 0.527. The second-order valence-electron chi connectivity index (χ2n) is 5.83. The first-order valence-corrected chi connectivity index (χ1v) is 7.80. The smallest absolute Gasteiger partial charge is 0.100 e. The number of rotatable bonds is 8. The molecule has 0 aromatic heterocycles. The molecule has 1 aromatic rings. The highest BCUT2D eigenvalue weighted by Gasteiger charge is 2.23. The third kappa shape index (κ3) is 6.14. The van der Waals surface area contributed by atoms with Gasteiger partial charge >= 0.3 is 0 Å². The summed E-state index contributed by atoms with van der Waals surface area (Å²) in [7, 11) is 0. The fourth-order valence-electron chi connectivity index (χ4n) is 2.76. The first kappa shape index (κ1) is 16.4. The maximum absolute atomic E-state index is 9.32. The van der Waals surface area contributed by atoms with Crippen molar-refractivity contribution in [2.24, 2.45) is 5.92 Å². The van der Waals surface area contributed by atoms with Gasteiger partial charge in [-0.1, -0.05) is 36.8 Å². The van der Waals surface area contributed by atoms with Gasteiger partial charge in [-0.2, -0.15) is 0 Å². The molecule has 21 heavy (non-hydrogen) atoms. The van der Waals surface area contributed by atoms with Crippen molar-refractivity contribution in [2.45, 2.75) is 44.5 Å². The minimum Gasteiger partial charge on any atom is -0.394 e. The molecule has 2 rings (SSSR count). The third-order valence-electron chi connectivity index (χ3n) is 3.93. The SMILES string of the molecule is OCC(O)CO[C@@H]1CCC[C@H](COCc2ccccc2)C1. The molecule has 3 atom stereocenters. The Bertz CT molecular complexity index is 382. The zero-order valence-electron chi connectivity index (χ0n) is 12.5. The van der Waals surface area contributed by atoms with E-state index in [0.717, 1.165) is 25.9 Å². The Morgan fingerprint density at radius 3 is 2.76 bits per heavy atom. The Morgan fingerprint density at radius 2 is 2.00 bits per heavy atom. The van der Waals surface area contributed by atoms with Crippen LogP contribution >= 0.6 is 0 Å². The molecular formula is C17H26O4. The van der Waals surface area contributed by atoms with Gasteiger partial charge in [0.2, 0.25) is 0 Å². The van der Waals surface area contributed by atoms with Crippen LogP contribution in [0.5, 0.6) is 0 Å². The summed E-state index contributed by atoms with van der Waals surface area (Å²) < 4.78 is 11.5. The van der Waals surface area contributed by atoms with E-state index in [2.05, 4.69) is 12.1 Å². The molecule has 0 bridgehead atoms. The van der Waals surface area contributed by atoms with E-state index in [4.69, 9.17) is 14.6 Å². The molecule has 0 saturated heterocycles. The van der Waals surface area contributed by atoms with Crippen LogP contribution in [-0.4, -0.2) is 42.2 Å². The van der Waals surface area contributed by atoms with Gasteiger partial charge in [0.15, 0.2) is 0 Å². The van der Waals surface area contributed by atoms with Crippen molar-refractivity contribution in [1.82, 2.24) is 0 Å². The minimum atomic E-state index is -0.764. The summed E-state index contributed by atoms with van der Waals surface area (Å²) in [6.45, 7) is 1.40. The molecule has 118 valence electrons. The molecule has 0 spiro atoms. The monoisotopic (exact) mass is 294 g/mol. The highest BCUT2D eigenvalue weighted by Crippen LogP contribution is 2.27. The van der Waals surface area contributed by atoms with Crippen LogP contribution in [0.2, 0.25) is 0 Å². The van der Waals surface area contributed by atoms with Crippen molar-refractivity contribution in [2.75, 3.05) is 19.8 Å². The van der Waals surface area contributed by atoms with Crippen LogP contribution in [0.25, 0.3) is 0 Å². The molecule has 0 amide bonds. The lowest BCUT2D eigenvalue weighted by molar-refractivity contribution is -0.0545. The molecule has 1 aliphatic carbocycles. The molecule has 1 aromatic carbocycles. The molecule has 0 radical (unpaired) electrons. The van der Waals surface area contributed by atoms with Crippen molar-refractivity contribution in [1.29, 1.82) is 0 Å². The lowest BCUT2D eigenvalue weighted by atomic mass is 9.88. The van der Waals surface area contributed by atoms with Gasteiger partial charge < -0.3 is 19.7 Å². The Morgan fingerprint density at radius 1 is 1.19 bits per heavy atom. The second kappa shape index (κ2) is 9.15. The van der Waals surface area contributed by atoms with Crippen LogP contribution in [0.1, 0.15) is 31.2 Å². The Hall–Kier alpha value is -0.940. The molecule has 4 nitrogen and oxygen atoms in total. The van der Waals surface area contributed by atoms with Crippen LogP contribution in [-0.2, 0) is 16.1 Å². The van der Waals surface area contributed by atoms with E-state index in [9.17, 15) is 5.11 Å². The van der Waals surface area contributed by atoms with Gasteiger partial charge in [0, 0.05) is 6.61 Å². The fraction of sp³-hybridized carbons (Fsp3) is 0.647. The first-order chi connectivity index (χ1) is 10.3. The summed E-state index contributed by atoms with van der Waals surface area (Å²) in [6.07, 6.45) is 3.75. The zero-order chi connectivity index (χ0) is 14.9. The molecule has 1 saturated carbocycles. The van der Waals surface area contributed by atoms with Crippen molar-refractivity contribution < 1.29 is 19.7 Å². The van der Waals surface area contributed by atoms with Crippen molar-refractivity contribution >= 4 is 0 Å². The molecule has 2 N–H and O–H groups in total. The molecule has 0 aliphatic heterocycles. The Kier molecular flexibility index (Phi) is 7.16. The summed E-state index contributed by atoms with van der Waals surface area (Å²) >= 11 is 0. The van der Waals surface area contributed by atoms with Crippen LogP contribution in [0.3, 0.4) is 0 Å². The van der Waals surface area contributed by atoms with Crippen LogP contribution in [0, 0.1) is 5.92 Å². The quantitative estimate of drug-likeness (QED) is 0.771. The molecule has 1 unspecified atom stereocenters. The number of aliphatic hydroxyl groups is 2. The number of benzene rings is 1. The van der Waals surface area contributed by atoms with Crippen LogP contribution in [0.15, 0.2) is 30.3 Å². The van der Waals surface area contributed by atoms with E-state index in [0.29, 0.717) is 12.5 Å². The highest BCUT2D eigenvalue weighted by molar-refractivity contribution is 5.13. The van der Waals surface area contributed by atoms with Crippen molar-refractivity contribution in [3.63, 3.8) is 0 Å². The van der Waals surface area contributed by atoms with E-state index >= 15 is 0 Å². The normalized spacial score (nSPS) is 23.9. The van der Waals surface area contributed by atoms with E-state index < -0.39 is 6.10 Å². The van der Waals surface area contributed by atoms with Gasteiger partial charge in [-0.3, -0.25) is 0 Å². The topological polar surface area (TPSA) is 58.9 Å². The van der Waals surface area contributed by atoms with Crippen molar-refractivity contribution in [3.05, 3.63) is 35.9 Å². The summed E-state index contributed by atoms with van der Waals surface area (Å²) in [4.78, 5) is 0. The van der Waals surface area contributed by atoms with E-state index in [1.165, 1.54) is 12.0 Å². The average molecular weight is 294 g/mol. The summed E-state index contributed by atoms with van der Waals surface area (Å²) in [5, 5.41) is 18.1. The van der Waals surface area contributed by atoms with Crippen LogP contribution < -0.4 is 0 Å². The first-order valence-electron chi connectivity index (χ1n) is 7.80. The second-order valence-corrected chi connectivity index (χ2v) is 5.83. The van der Waals surface area contributed by atoms with Gasteiger partial charge in [0.1, 0.15) is 6.10 Å². The number of hydrogen-bond acceptors (Lipinski definition) is 4. The lowest BCUT2D eigenvalue weighted by Crippen LogP contribution is -2.29. The Balaban J connectivity index is 1.64. The molecule has 1 fully saturated rings. The van der Waals surface area contributed by atoms with Crippen LogP contribution in [0.4, 0.5) is 0 Å². The Labute approximate surface area is 126 Å². The van der Waals surface area contributed by atoms with E-state index in [-0.39, 0.29) is 19.3 Å². The van der Waals surface area contributed by atoms with E-state index in [1.54, 1.807) is 0 Å². The highest BCUT2D eigenvalue weighted by atomic mass is 16.5. The van der Waals surface area contributed by atoms with Gasteiger partial charge in [-0.15, -0.1) is 0 Å². The number of hydrogen-bond donors (Lipinski definition) is 2. The lowest BCUT2D eigenvalue weighted by Gasteiger charge is -2.29. The number of aliphatic hydroxyl groups excluding tert-OH is 2. The number of ether oxygens (including phenoxy) is 2. The third-order valence-corrected chi connectivity index (χ3v) is 3.93. The average Bonchev–Trinajstić information content (AvgIpc) is 2.54. The van der Waals surface area contributed by atoms with Crippen molar-refractivity contribution in [3.8, 4) is 0 Å². The molecule has 4 heteroatoms. The summed E-state index contributed by atoms with van der Waals surface area (Å²) in [6, 6.07) is 10.2. The molecule has 0 heterocycles. The van der Waals surface area contributed by atoms with Gasteiger partial charge in [0.05, 0.1) is 25.9 Å². The predicted molar refractivity (Wildman–Crippen MR) is 80.9 cm³/mol. The van der Waals surface area contributed by atoms with Gasteiger partial charge in [-0.05, 0) is 30.7 Å².